The van der Waals surface area contributed by atoms with Crippen molar-refractivity contribution < 1.29 is 4.74 Å². The van der Waals surface area contributed by atoms with Crippen molar-refractivity contribution in [2.24, 2.45) is 0 Å². The van der Waals surface area contributed by atoms with Crippen LogP contribution in [0.3, 0.4) is 0 Å². The molecular weight excluding hydrogens is 184 g/mol. The van der Waals surface area contributed by atoms with E-state index >= 15 is 0 Å². The van der Waals surface area contributed by atoms with Crippen LogP contribution in [0.15, 0.2) is 17.3 Å². The van der Waals surface area contributed by atoms with Crippen LogP contribution in [0.2, 0.25) is 0 Å². The number of nitrogens with zero attached hydrogens (tertiary/aromatic N) is 1. The van der Waals surface area contributed by atoms with E-state index in [-0.39, 0.29) is 0 Å². The van der Waals surface area contributed by atoms with E-state index in [9.17, 15) is 0 Å². The highest BCUT2D eigenvalue weighted by Crippen LogP contribution is 2.27. The molecule has 4 heteroatoms. The van der Waals surface area contributed by atoms with E-state index in [1.807, 2.05) is 19.2 Å². The Morgan fingerprint density at radius 3 is 2.92 bits per heavy atom. The molecule has 13 heavy (non-hydrogen) atoms. The third-order valence-electron chi connectivity index (χ3n) is 2.01. The van der Waals surface area contributed by atoms with Crippen LogP contribution in [-0.4, -0.2) is 23.4 Å². The van der Waals surface area contributed by atoms with Gasteiger partial charge in [-0.15, -0.1) is 0 Å². The molecule has 70 valence electrons. The molecule has 0 saturated carbocycles. The molecule has 1 fully saturated rings. The van der Waals surface area contributed by atoms with Gasteiger partial charge in [0.05, 0.1) is 23.5 Å². The van der Waals surface area contributed by atoms with Gasteiger partial charge in [-0.1, -0.05) is 11.8 Å². The van der Waals surface area contributed by atoms with Crippen LogP contribution in [0.25, 0.3) is 0 Å². The minimum atomic E-state index is 0.564. The normalized spacial score (nSPS) is 17.0. The van der Waals surface area contributed by atoms with Crippen LogP contribution in [0.4, 0.5) is 5.69 Å². The summed E-state index contributed by atoms with van der Waals surface area (Å²) in [5.74, 6) is 0. The van der Waals surface area contributed by atoms with Gasteiger partial charge in [0.2, 0.25) is 0 Å². The molecule has 1 aromatic heterocycles. The number of pyridine rings is 1. The number of aromatic nitrogens is 1. The molecule has 0 amide bonds. The average molecular weight is 196 g/mol. The van der Waals surface area contributed by atoms with Gasteiger partial charge in [0.25, 0.3) is 0 Å². The molecule has 0 aromatic carbocycles. The van der Waals surface area contributed by atoms with Crippen LogP contribution in [0, 0.1) is 6.92 Å². The summed E-state index contributed by atoms with van der Waals surface area (Å²) in [5.41, 5.74) is 7.62. The zero-order valence-corrected chi connectivity index (χ0v) is 8.30. The van der Waals surface area contributed by atoms with E-state index in [0.29, 0.717) is 5.25 Å². The summed E-state index contributed by atoms with van der Waals surface area (Å²) in [4.78, 5) is 4.29. The predicted molar refractivity (Wildman–Crippen MR) is 53.9 cm³/mol. The molecule has 0 spiro atoms. The minimum absolute atomic E-state index is 0.564. The lowest BCUT2D eigenvalue weighted by Crippen LogP contribution is -2.30. The molecule has 1 saturated heterocycles. The summed E-state index contributed by atoms with van der Waals surface area (Å²) >= 11 is 1.74. The van der Waals surface area contributed by atoms with Gasteiger partial charge >= 0.3 is 0 Å². The first-order valence-electron chi connectivity index (χ1n) is 4.22. The minimum Gasteiger partial charge on any atom is -0.398 e. The Balaban J connectivity index is 2.07. The standard InChI is InChI=1S/C9H12N2OS/c1-6-3-11-9(2-8(6)10)13-7-4-12-5-7/h2-3,7H,4-5H2,1H3,(H2,10,11). The van der Waals surface area contributed by atoms with E-state index in [4.69, 9.17) is 10.5 Å². The maximum Gasteiger partial charge on any atom is 0.0984 e. The first-order chi connectivity index (χ1) is 6.25. The number of aryl methyl sites for hydroxylation is 1. The quantitative estimate of drug-likeness (QED) is 0.778. The Morgan fingerprint density at radius 1 is 1.62 bits per heavy atom. The highest BCUT2D eigenvalue weighted by molar-refractivity contribution is 8.00. The van der Waals surface area contributed by atoms with Crippen LogP contribution in [0.5, 0.6) is 0 Å². The zero-order chi connectivity index (χ0) is 9.26. The van der Waals surface area contributed by atoms with Gasteiger partial charge in [-0.3, -0.25) is 0 Å². The summed E-state index contributed by atoms with van der Waals surface area (Å²) in [7, 11) is 0. The lowest BCUT2D eigenvalue weighted by atomic mass is 10.3. The molecular formula is C9H12N2OS. The SMILES string of the molecule is Cc1cnc(SC2COC2)cc1N. The lowest BCUT2D eigenvalue weighted by molar-refractivity contribution is 0.0454. The van der Waals surface area contributed by atoms with Gasteiger partial charge in [0.1, 0.15) is 0 Å². The number of hydrogen-bond acceptors (Lipinski definition) is 4. The Hall–Kier alpha value is -0.740. The fourth-order valence-corrected chi connectivity index (χ4v) is 2.02. The van der Waals surface area contributed by atoms with Crippen molar-refractivity contribution in [1.82, 2.24) is 4.98 Å². The second kappa shape index (κ2) is 3.55. The summed E-state index contributed by atoms with van der Waals surface area (Å²) in [5, 5.41) is 1.56. The molecule has 1 aliphatic rings. The molecule has 2 heterocycles. The average Bonchev–Trinajstić information content (AvgIpc) is 2.04. The summed E-state index contributed by atoms with van der Waals surface area (Å²) in [6.45, 7) is 3.63. The molecule has 0 unspecified atom stereocenters. The maximum atomic E-state index is 5.77. The summed E-state index contributed by atoms with van der Waals surface area (Å²) in [6, 6.07) is 1.93. The molecule has 2 rings (SSSR count). The Morgan fingerprint density at radius 2 is 2.38 bits per heavy atom. The molecule has 0 aliphatic carbocycles. The van der Waals surface area contributed by atoms with Crippen molar-refractivity contribution in [1.29, 1.82) is 0 Å². The maximum absolute atomic E-state index is 5.77. The molecule has 2 N–H and O–H groups in total. The van der Waals surface area contributed by atoms with Crippen LogP contribution >= 0.6 is 11.8 Å². The summed E-state index contributed by atoms with van der Waals surface area (Å²) in [6.07, 6.45) is 1.82. The number of hydrogen-bond donors (Lipinski definition) is 1. The Kier molecular flexibility index (Phi) is 2.42. The molecule has 0 atom stereocenters. The van der Waals surface area contributed by atoms with E-state index < -0.39 is 0 Å². The third kappa shape index (κ3) is 1.95. The second-order valence-electron chi connectivity index (χ2n) is 3.16. The second-order valence-corrected chi connectivity index (χ2v) is 4.48. The van der Waals surface area contributed by atoms with E-state index in [1.54, 1.807) is 11.8 Å². The van der Waals surface area contributed by atoms with Crippen molar-refractivity contribution in [2.45, 2.75) is 17.2 Å². The first kappa shape index (κ1) is 8.84. The van der Waals surface area contributed by atoms with Crippen molar-refractivity contribution in [2.75, 3.05) is 18.9 Å². The molecule has 1 aliphatic heterocycles. The molecule has 3 nitrogen and oxygen atoms in total. The largest absolute Gasteiger partial charge is 0.398 e. The van der Waals surface area contributed by atoms with Gasteiger partial charge in [0.15, 0.2) is 0 Å². The predicted octanol–water partition coefficient (Wildman–Crippen LogP) is 1.46. The number of rotatable bonds is 2. The van der Waals surface area contributed by atoms with Gasteiger partial charge in [0, 0.05) is 11.9 Å². The fraction of sp³-hybridized carbons (Fsp3) is 0.444. The fourth-order valence-electron chi connectivity index (χ4n) is 1.04. The van der Waals surface area contributed by atoms with Crippen molar-refractivity contribution in [3.8, 4) is 0 Å². The van der Waals surface area contributed by atoms with Crippen LogP contribution in [-0.2, 0) is 4.74 Å². The van der Waals surface area contributed by atoms with Crippen molar-refractivity contribution >= 4 is 17.4 Å². The number of anilines is 1. The number of ether oxygens (including phenoxy) is 1. The highest BCUT2D eigenvalue weighted by Gasteiger charge is 2.20. The lowest BCUT2D eigenvalue weighted by Gasteiger charge is -2.24. The van der Waals surface area contributed by atoms with Crippen LogP contribution in [0.1, 0.15) is 5.56 Å². The summed E-state index contributed by atoms with van der Waals surface area (Å²) < 4.78 is 5.08. The van der Waals surface area contributed by atoms with E-state index in [2.05, 4.69) is 4.98 Å². The molecule has 1 aromatic rings. The third-order valence-corrected chi connectivity index (χ3v) is 3.08. The Bertz CT molecular complexity index is 312. The monoisotopic (exact) mass is 196 g/mol. The smallest absolute Gasteiger partial charge is 0.0984 e. The molecule has 0 radical (unpaired) electrons. The van der Waals surface area contributed by atoms with Crippen molar-refractivity contribution in [3.05, 3.63) is 17.8 Å². The van der Waals surface area contributed by atoms with Gasteiger partial charge in [-0.05, 0) is 18.6 Å². The van der Waals surface area contributed by atoms with Gasteiger partial charge in [-0.25, -0.2) is 4.98 Å². The molecule has 0 bridgehead atoms. The first-order valence-corrected chi connectivity index (χ1v) is 5.10. The number of nitrogen functional groups attached to an aromatic ring is 1. The van der Waals surface area contributed by atoms with Crippen molar-refractivity contribution in [3.63, 3.8) is 0 Å². The van der Waals surface area contributed by atoms with E-state index in [0.717, 1.165) is 29.5 Å². The Labute approximate surface area is 81.7 Å². The van der Waals surface area contributed by atoms with E-state index in [1.165, 1.54) is 0 Å². The highest BCUT2D eigenvalue weighted by atomic mass is 32.2. The zero-order valence-electron chi connectivity index (χ0n) is 7.49. The van der Waals surface area contributed by atoms with Gasteiger partial charge < -0.3 is 10.5 Å². The van der Waals surface area contributed by atoms with Gasteiger partial charge in [-0.2, -0.15) is 0 Å². The number of nitrogens with two attached hydrogens (primary N) is 1. The number of thioether (sulfide) groups is 1. The topological polar surface area (TPSA) is 48.1 Å². The van der Waals surface area contributed by atoms with Crippen LogP contribution < -0.4 is 5.73 Å².